The van der Waals surface area contributed by atoms with E-state index in [2.05, 4.69) is 47.3 Å². The fourth-order valence-electron chi connectivity index (χ4n) is 2.08. The van der Waals surface area contributed by atoms with Gasteiger partial charge in [-0.2, -0.15) is 0 Å². The van der Waals surface area contributed by atoms with Crippen LogP contribution in [0.5, 0.6) is 5.75 Å². The highest BCUT2D eigenvalue weighted by molar-refractivity contribution is 5.29. The molecule has 3 nitrogen and oxygen atoms in total. The van der Waals surface area contributed by atoms with Crippen molar-refractivity contribution in [1.82, 2.24) is 9.88 Å². The van der Waals surface area contributed by atoms with Gasteiger partial charge in [0, 0.05) is 24.5 Å². The zero-order chi connectivity index (χ0) is 13.0. The van der Waals surface area contributed by atoms with Crippen LogP contribution >= 0.6 is 0 Å². The van der Waals surface area contributed by atoms with Gasteiger partial charge in [0.15, 0.2) is 0 Å². The highest BCUT2D eigenvalue weighted by Gasteiger charge is 2.08. The maximum atomic E-state index is 5.25. The SMILES string of the molecule is CNC(C)c1cccn1Cc1cccc(OC)c1. The van der Waals surface area contributed by atoms with Gasteiger partial charge < -0.3 is 14.6 Å². The van der Waals surface area contributed by atoms with E-state index in [9.17, 15) is 0 Å². The van der Waals surface area contributed by atoms with Crippen LogP contribution in [0.2, 0.25) is 0 Å². The molecule has 0 fully saturated rings. The summed E-state index contributed by atoms with van der Waals surface area (Å²) < 4.78 is 7.51. The number of aromatic nitrogens is 1. The van der Waals surface area contributed by atoms with Crippen LogP contribution < -0.4 is 10.1 Å². The normalized spacial score (nSPS) is 12.4. The zero-order valence-electron chi connectivity index (χ0n) is 11.2. The number of nitrogens with one attached hydrogen (secondary N) is 1. The van der Waals surface area contributed by atoms with Crippen molar-refractivity contribution in [3.63, 3.8) is 0 Å². The summed E-state index contributed by atoms with van der Waals surface area (Å²) in [5, 5.41) is 3.27. The van der Waals surface area contributed by atoms with Crippen LogP contribution in [0.3, 0.4) is 0 Å². The molecule has 0 bridgehead atoms. The third-order valence-electron chi connectivity index (χ3n) is 3.23. The predicted molar refractivity (Wildman–Crippen MR) is 74.0 cm³/mol. The average Bonchev–Trinajstić information content (AvgIpc) is 2.86. The van der Waals surface area contributed by atoms with Crippen LogP contribution in [-0.2, 0) is 6.54 Å². The molecule has 18 heavy (non-hydrogen) atoms. The van der Waals surface area contributed by atoms with E-state index >= 15 is 0 Å². The van der Waals surface area contributed by atoms with Crippen LogP contribution in [0.15, 0.2) is 42.6 Å². The number of nitrogens with zero attached hydrogens (tertiary/aromatic N) is 1. The van der Waals surface area contributed by atoms with Gasteiger partial charge in [0.05, 0.1) is 7.11 Å². The Morgan fingerprint density at radius 2 is 2.11 bits per heavy atom. The first-order chi connectivity index (χ1) is 8.74. The Labute approximate surface area is 108 Å². The summed E-state index contributed by atoms with van der Waals surface area (Å²) in [7, 11) is 3.68. The molecule has 0 amide bonds. The molecule has 0 radical (unpaired) electrons. The van der Waals surface area contributed by atoms with Gasteiger partial charge >= 0.3 is 0 Å². The van der Waals surface area contributed by atoms with Crippen LogP contribution in [0, 0.1) is 0 Å². The molecular weight excluding hydrogens is 224 g/mol. The van der Waals surface area contributed by atoms with Gasteiger partial charge in [-0.1, -0.05) is 12.1 Å². The maximum absolute atomic E-state index is 5.25. The molecule has 0 aliphatic carbocycles. The molecule has 0 saturated heterocycles. The minimum absolute atomic E-state index is 0.352. The molecular formula is C15H20N2O. The Morgan fingerprint density at radius 1 is 1.28 bits per heavy atom. The van der Waals surface area contributed by atoms with Crippen molar-refractivity contribution < 1.29 is 4.74 Å². The van der Waals surface area contributed by atoms with Gasteiger partial charge in [-0.05, 0) is 43.8 Å². The topological polar surface area (TPSA) is 26.2 Å². The maximum Gasteiger partial charge on any atom is 0.119 e. The first-order valence-electron chi connectivity index (χ1n) is 6.20. The lowest BCUT2D eigenvalue weighted by molar-refractivity contribution is 0.414. The summed E-state index contributed by atoms with van der Waals surface area (Å²) in [5.41, 5.74) is 2.54. The van der Waals surface area contributed by atoms with Crippen molar-refractivity contribution in [2.45, 2.75) is 19.5 Å². The standard InChI is InChI=1S/C15H20N2O/c1-12(16-2)15-8-5-9-17(15)11-13-6-4-7-14(10-13)18-3/h4-10,12,16H,11H2,1-3H3. The first kappa shape index (κ1) is 12.7. The van der Waals surface area contributed by atoms with Crippen LogP contribution in [0.4, 0.5) is 0 Å². The second kappa shape index (κ2) is 5.74. The Morgan fingerprint density at radius 3 is 2.83 bits per heavy atom. The highest BCUT2D eigenvalue weighted by atomic mass is 16.5. The average molecular weight is 244 g/mol. The third-order valence-corrected chi connectivity index (χ3v) is 3.23. The minimum Gasteiger partial charge on any atom is -0.497 e. The summed E-state index contributed by atoms with van der Waals surface area (Å²) in [6.45, 7) is 3.03. The van der Waals surface area contributed by atoms with Crippen molar-refractivity contribution in [2.24, 2.45) is 0 Å². The van der Waals surface area contributed by atoms with Gasteiger partial charge in [0.1, 0.15) is 5.75 Å². The number of ether oxygens (including phenoxy) is 1. The lowest BCUT2D eigenvalue weighted by Crippen LogP contribution is -2.16. The molecule has 1 unspecified atom stereocenters. The number of benzene rings is 1. The number of hydrogen-bond acceptors (Lipinski definition) is 2. The Hall–Kier alpha value is -1.74. The van der Waals surface area contributed by atoms with E-state index in [-0.39, 0.29) is 0 Å². The molecule has 2 aromatic rings. The van der Waals surface area contributed by atoms with E-state index < -0.39 is 0 Å². The molecule has 1 aromatic carbocycles. The third kappa shape index (κ3) is 2.74. The zero-order valence-corrected chi connectivity index (χ0v) is 11.2. The minimum atomic E-state index is 0.352. The summed E-state index contributed by atoms with van der Waals surface area (Å²) in [4.78, 5) is 0. The smallest absolute Gasteiger partial charge is 0.119 e. The van der Waals surface area contributed by atoms with E-state index in [0.29, 0.717) is 6.04 Å². The lowest BCUT2D eigenvalue weighted by atomic mass is 10.2. The molecule has 0 aliphatic heterocycles. The second-order valence-corrected chi connectivity index (χ2v) is 4.42. The fraction of sp³-hybridized carbons (Fsp3) is 0.333. The van der Waals surface area contributed by atoms with E-state index in [4.69, 9.17) is 4.74 Å². The summed E-state index contributed by atoms with van der Waals surface area (Å²) in [6.07, 6.45) is 2.11. The van der Waals surface area contributed by atoms with E-state index in [1.54, 1.807) is 7.11 Å². The first-order valence-corrected chi connectivity index (χ1v) is 6.20. The monoisotopic (exact) mass is 244 g/mol. The van der Waals surface area contributed by atoms with Crippen molar-refractivity contribution in [3.8, 4) is 5.75 Å². The van der Waals surface area contributed by atoms with Crippen LogP contribution in [0.1, 0.15) is 24.2 Å². The highest BCUT2D eigenvalue weighted by Crippen LogP contribution is 2.17. The lowest BCUT2D eigenvalue weighted by Gasteiger charge is -2.15. The van der Waals surface area contributed by atoms with Gasteiger partial charge in [-0.3, -0.25) is 0 Å². The number of methoxy groups -OCH3 is 1. The predicted octanol–water partition coefficient (Wildman–Crippen LogP) is 2.83. The number of rotatable bonds is 5. The number of hydrogen-bond donors (Lipinski definition) is 1. The van der Waals surface area contributed by atoms with Crippen LogP contribution in [-0.4, -0.2) is 18.7 Å². The van der Waals surface area contributed by atoms with Gasteiger partial charge in [0.2, 0.25) is 0 Å². The van der Waals surface area contributed by atoms with E-state index in [1.807, 2.05) is 19.2 Å². The fourth-order valence-corrected chi connectivity index (χ4v) is 2.08. The molecule has 0 aliphatic rings. The Balaban J connectivity index is 2.20. The summed E-state index contributed by atoms with van der Waals surface area (Å²) in [6, 6.07) is 12.8. The van der Waals surface area contributed by atoms with Gasteiger partial charge in [-0.25, -0.2) is 0 Å². The quantitative estimate of drug-likeness (QED) is 0.875. The molecule has 0 saturated carbocycles. The van der Waals surface area contributed by atoms with Crippen molar-refractivity contribution in [2.75, 3.05) is 14.2 Å². The van der Waals surface area contributed by atoms with E-state index in [1.165, 1.54) is 11.3 Å². The molecule has 3 heteroatoms. The Kier molecular flexibility index (Phi) is 4.05. The Bertz CT molecular complexity index is 505. The van der Waals surface area contributed by atoms with Gasteiger partial charge in [-0.15, -0.1) is 0 Å². The van der Waals surface area contributed by atoms with E-state index in [0.717, 1.165) is 12.3 Å². The van der Waals surface area contributed by atoms with Crippen LogP contribution in [0.25, 0.3) is 0 Å². The van der Waals surface area contributed by atoms with Crippen molar-refractivity contribution in [1.29, 1.82) is 0 Å². The molecule has 2 rings (SSSR count). The van der Waals surface area contributed by atoms with Crippen molar-refractivity contribution >= 4 is 0 Å². The molecule has 1 aromatic heterocycles. The summed E-state index contributed by atoms with van der Waals surface area (Å²) in [5.74, 6) is 0.905. The molecule has 1 heterocycles. The molecule has 0 spiro atoms. The molecule has 1 N–H and O–H groups in total. The molecule has 96 valence electrons. The second-order valence-electron chi connectivity index (χ2n) is 4.42. The summed E-state index contributed by atoms with van der Waals surface area (Å²) >= 11 is 0. The largest absolute Gasteiger partial charge is 0.497 e. The molecule has 1 atom stereocenters. The van der Waals surface area contributed by atoms with Gasteiger partial charge in [0.25, 0.3) is 0 Å². The van der Waals surface area contributed by atoms with Crippen molar-refractivity contribution in [3.05, 3.63) is 53.9 Å².